The highest BCUT2D eigenvalue weighted by Gasteiger charge is 2.18. The normalized spacial score (nSPS) is 12.4. The number of hydrogen-bond acceptors (Lipinski definition) is 6. The van der Waals surface area contributed by atoms with E-state index in [1.54, 1.807) is 12.1 Å². The van der Waals surface area contributed by atoms with E-state index in [9.17, 15) is 14.4 Å². The van der Waals surface area contributed by atoms with Crippen LogP contribution in [0.2, 0.25) is 10.0 Å². The summed E-state index contributed by atoms with van der Waals surface area (Å²) in [6.45, 7) is -0.956. The first-order valence-electron chi connectivity index (χ1n) is 7.76. The minimum atomic E-state index is -0.732. The van der Waals surface area contributed by atoms with Gasteiger partial charge in [0.1, 0.15) is 11.5 Å². The molecule has 0 atom stereocenters. The van der Waals surface area contributed by atoms with Crippen LogP contribution in [0.1, 0.15) is 10.4 Å². The van der Waals surface area contributed by atoms with Gasteiger partial charge in [0, 0.05) is 10.6 Å². The van der Waals surface area contributed by atoms with Crippen LogP contribution in [0, 0.1) is 0 Å². The molecule has 1 aliphatic rings. The molecule has 27 heavy (non-hydrogen) atoms. The van der Waals surface area contributed by atoms with E-state index < -0.39 is 25.0 Å². The molecule has 0 saturated carbocycles. The van der Waals surface area contributed by atoms with Crippen LogP contribution < -0.4 is 14.8 Å². The molecule has 0 aliphatic carbocycles. The van der Waals surface area contributed by atoms with Gasteiger partial charge in [-0.3, -0.25) is 9.59 Å². The molecule has 2 aromatic rings. The Hall–Kier alpha value is -2.77. The van der Waals surface area contributed by atoms with Crippen molar-refractivity contribution >= 4 is 46.5 Å². The van der Waals surface area contributed by atoms with Crippen LogP contribution in [0.4, 0.5) is 5.69 Å². The van der Waals surface area contributed by atoms with Crippen LogP contribution in [0.3, 0.4) is 0 Å². The molecule has 0 fully saturated rings. The van der Waals surface area contributed by atoms with Crippen molar-refractivity contribution in [2.75, 3.05) is 25.1 Å². The van der Waals surface area contributed by atoms with Crippen molar-refractivity contribution in [3.05, 3.63) is 52.0 Å². The standard InChI is InChI=1S/C18H13Cl2NO6/c19-11-2-4-15(12(20)6-11)26-9-18(24)27-7-14(22)10-1-3-16-13(5-10)21-17(23)8-25-16/h1-6H,7-9H2,(H,21,23). The molecule has 2 aromatic carbocycles. The zero-order valence-electron chi connectivity index (χ0n) is 13.8. The second kappa shape index (κ2) is 8.28. The number of esters is 1. The maximum absolute atomic E-state index is 12.2. The third kappa shape index (κ3) is 4.90. The monoisotopic (exact) mass is 409 g/mol. The van der Waals surface area contributed by atoms with Crippen molar-refractivity contribution < 1.29 is 28.6 Å². The molecule has 0 radical (unpaired) electrons. The van der Waals surface area contributed by atoms with E-state index in [0.29, 0.717) is 16.5 Å². The molecule has 0 bridgehead atoms. The van der Waals surface area contributed by atoms with Crippen molar-refractivity contribution in [2.45, 2.75) is 0 Å². The number of benzene rings is 2. The van der Waals surface area contributed by atoms with E-state index in [1.807, 2.05) is 0 Å². The molecule has 0 saturated heterocycles. The van der Waals surface area contributed by atoms with Crippen LogP contribution in [0.5, 0.6) is 11.5 Å². The van der Waals surface area contributed by atoms with E-state index in [0.717, 1.165) is 0 Å². The number of ether oxygens (including phenoxy) is 3. The van der Waals surface area contributed by atoms with E-state index in [2.05, 4.69) is 5.32 Å². The second-order valence-corrected chi connectivity index (χ2v) is 6.34. The topological polar surface area (TPSA) is 90.9 Å². The number of hydrogen-bond donors (Lipinski definition) is 1. The Morgan fingerprint density at radius 3 is 2.70 bits per heavy atom. The number of halogens is 2. The lowest BCUT2D eigenvalue weighted by atomic mass is 10.1. The molecule has 1 heterocycles. The molecule has 0 spiro atoms. The maximum Gasteiger partial charge on any atom is 0.344 e. The van der Waals surface area contributed by atoms with E-state index in [-0.39, 0.29) is 28.8 Å². The molecule has 1 aliphatic heterocycles. The van der Waals surface area contributed by atoms with Gasteiger partial charge in [0.25, 0.3) is 5.91 Å². The van der Waals surface area contributed by atoms with Gasteiger partial charge < -0.3 is 19.5 Å². The predicted octanol–water partition coefficient (Wildman–Crippen LogP) is 3.13. The van der Waals surface area contributed by atoms with Crippen LogP contribution in [-0.4, -0.2) is 37.5 Å². The predicted molar refractivity (Wildman–Crippen MR) is 97.8 cm³/mol. The Labute approximate surface area is 164 Å². The minimum Gasteiger partial charge on any atom is -0.482 e. The Morgan fingerprint density at radius 1 is 1.11 bits per heavy atom. The van der Waals surface area contributed by atoms with Gasteiger partial charge in [0.05, 0.1) is 10.7 Å². The van der Waals surface area contributed by atoms with Crippen LogP contribution >= 0.6 is 23.2 Å². The van der Waals surface area contributed by atoms with Crippen LogP contribution in [0.25, 0.3) is 0 Å². The number of fused-ring (bicyclic) bond motifs is 1. The highest BCUT2D eigenvalue weighted by Crippen LogP contribution is 2.29. The lowest BCUT2D eigenvalue weighted by Gasteiger charge is -2.18. The molecule has 1 N–H and O–H groups in total. The molecule has 1 amide bonds. The van der Waals surface area contributed by atoms with Crippen molar-refractivity contribution in [1.29, 1.82) is 0 Å². The van der Waals surface area contributed by atoms with Gasteiger partial charge in [0.2, 0.25) is 0 Å². The highest BCUT2D eigenvalue weighted by atomic mass is 35.5. The van der Waals surface area contributed by atoms with Gasteiger partial charge in [-0.05, 0) is 36.4 Å². The summed E-state index contributed by atoms with van der Waals surface area (Å²) in [6.07, 6.45) is 0. The molecule has 0 unspecified atom stereocenters. The number of ketones is 1. The number of anilines is 1. The van der Waals surface area contributed by atoms with E-state index in [4.69, 9.17) is 37.4 Å². The minimum absolute atomic E-state index is 0.0739. The smallest absolute Gasteiger partial charge is 0.344 e. The van der Waals surface area contributed by atoms with E-state index >= 15 is 0 Å². The van der Waals surface area contributed by atoms with Gasteiger partial charge in [-0.1, -0.05) is 23.2 Å². The molecule has 140 valence electrons. The summed E-state index contributed by atoms with van der Waals surface area (Å²) in [5, 5.41) is 3.29. The molecule has 9 heteroatoms. The molecular weight excluding hydrogens is 397 g/mol. The number of rotatable bonds is 6. The van der Waals surface area contributed by atoms with Crippen molar-refractivity contribution in [2.24, 2.45) is 0 Å². The lowest BCUT2D eigenvalue weighted by molar-refractivity contribution is -0.144. The summed E-state index contributed by atoms with van der Waals surface area (Å²) in [5.41, 5.74) is 0.665. The SMILES string of the molecule is O=C1COc2ccc(C(=O)COC(=O)COc3ccc(Cl)cc3Cl)cc2N1. The Balaban J connectivity index is 1.52. The third-order valence-electron chi connectivity index (χ3n) is 3.54. The second-order valence-electron chi connectivity index (χ2n) is 5.50. The fraction of sp³-hybridized carbons (Fsp3) is 0.167. The average molecular weight is 410 g/mol. The van der Waals surface area contributed by atoms with Crippen LogP contribution in [0.15, 0.2) is 36.4 Å². The Morgan fingerprint density at radius 2 is 1.93 bits per heavy atom. The van der Waals surface area contributed by atoms with Crippen molar-refractivity contribution in [3.63, 3.8) is 0 Å². The number of carbonyl (C=O) groups is 3. The molecule has 0 aromatic heterocycles. The van der Waals surface area contributed by atoms with Crippen molar-refractivity contribution in [1.82, 2.24) is 0 Å². The number of carbonyl (C=O) groups excluding carboxylic acids is 3. The van der Waals surface area contributed by atoms with Gasteiger partial charge in [-0.15, -0.1) is 0 Å². The van der Waals surface area contributed by atoms with Gasteiger partial charge in [-0.2, -0.15) is 0 Å². The number of Topliss-reactive ketones (excluding diaryl/α,β-unsaturated/α-hetero) is 1. The summed E-state index contributed by atoms with van der Waals surface area (Å²) in [4.78, 5) is 35.3. The van der Waals surface area contributed by atoms with Gasteiger partial charge >= 0.3 is 5.97 Å². The third-order valence-corrected chi connectivity index (χ3v) is 4.07. The summed E-state index contributed by atoms with van der Waals surface area (Å²) in [7, 11) is 0. The maximum atomic E-state index is 12.2. The molecule has 3 rings (SSSR count). The van der Waals surface area contributed by atoms with Crippen molar-refractivity contribution in [3.8, 4) is 11.5 Å². The lowest BCUT2D eigenvalue weighted by Crippen LogP contribution is -2.25. The fourth-order valence-corrected chi connectivity index (χ4v) is 2.72. The summed E-state index contributed by atoms with van der Waals surface area (Å²) in [6, 6.07) is 9.12. The average Bonchev–Trinajstić information content (AvgIpc) is 2.64. The molecular formula is C18H13Cl2NO6. The Kier molecular flexibility index (Phi) is 5.83. The Bertz CT molecular complexity index is 915. The summed E-state index contributed by atoms with van der Waals surface area (Å²) < 4.78 is 15.4. The van der Waals surface area contributed by atoms with Gasteiger partial charge in [-0.25, -0.2) is 4.79 Å². The first kappa shape index (κ1) is 19.0. The highest BCUT2D eigenvalue weighted by molar-refractivity contribution is 6.35. The summed E-state index contributed by atoms with van der Waals surface area (Å²) in [5.74, 6) is -0.734. The number of nitrogens with one attached hydrogen (secondary N) is 1. The first-order valence-corrected chi connectivity index (χ1v) is 8.51. The fourth-order valence-electron chi connectivity index (χ4n) is 2.26. The van der Waals surface area contributed by atoms with E-state index in [1.165, 1.54) is 24.3 Å². The quantitative estimate of drug-likeness (QED) is 0.581. The van der Waals surface area contributed by atoms with Crippen LogP contribution in [-0.2, 0) is 14.3 Å². The van der Waals surface area contributed by atoms with Gasteiger partial charge in [0.15, 0.2) is 25.6 Å². The zero-order chi connectivity index (χ0) is 19.4. The zero-order valence-corrected chi connectivity index (χ0v) is 15.3. The molecule has 7 nitrogen and oxygen atoms in total. The summed E-state index contributed by atoms with van der Waals surface area (Å²) >= 11 is 11.7. The number of amides is 1. The largest absolute Gasteiger partial charge is 0.482 e. The first-order chi connectivity index (χ1) is 12.9.